The maximum absolute atomic E-state index is 12.7. The Bertz CT molecular complexity index is 590. The van der Waals surface area contributed by atoms with E-state index < -0.39 is 23.7 Å². The van der Waals surface area contributed by atoms with Gasteiger partial charge in [-0.3, -0.25) is 4.79 Å². The van der Waals surface area contributed by atoms with Crippen molar-refractivity contribution in [3.8, 4) is 0 Å². The van der Waals surface area contributed by atoms with Crippen molar-refractivity contribution < 1.29 is 19.1 Å². The SMILES string of the molecule is CC(C)CC(NC(=O)OC(C)(C)C)C(=O)CC(C=O)Cc1ccccc1. The second-order valence-corrected chi connectivity index (χ2v) is 8.08. The third-order valence-corrected chi connectivity index (χ3v) is 3.78. The van der Waals surface area contributed by atoms with E-state index in [1.165, 1.54) is 0 Å². The topological polar surface area (TPSA) is 72.5 Å². The van der Waals surface area contributed by atoms with Crippen molar-refractivity contribution in [1.82, 2.24) is 5.32 Å². The number of ketones is 1. The Labute approximate surface area is 156 Å². The molecule has 1 amide bonds. The van der Waals surface area contributed by atoms with E-state index in [1.54, 1.807) is 20.8 Å². The first-order valence-corrected chi connectivity index (χ1v) is 9.12. The number of hydrogen-bond acceptors (Lipinski definition) is 4. The second kappa shape index (κ2) is 10.1. The van der Waals surface area contributed by atoms with Gasteiger partial charge in [0.1, 0.15) is 11.9 Å². The molecular formula is C21H31NO4. The molecule has 0 radical (unpaired) electrons. The molecule has 0 aliphatic heterocycles. The Hall–Kier alpha value is -2.17. The van der Waals surface area contributed by atoms with Crippen LogP contribution in [0.25, 0.3) is 0 Å². The van der Waals surface area contributed by atoms with Crippen molar-refractivity contribution in [2.75, 3.05) is 0 Å². The number of carbonyl (C=O) groups excluding carboxylic acids is 3. The van der Waals surface area contributed by atoms with Crippen molar-refractivity contribution in [3.05, 3.63) is 35.9 Å². The average Bonchev–Trinajstić information content (AvgIpc) is 2.52. The molecule has 26 heavy (non-hydrogen) atoms. The predicted octanol–water partition coefficient (Wildman–Crippen LogP) is 3.94. The van der Waals surface area contributed by atoms with Crippen molar-refractivity contribution in [3.63, 3.8) is 0 Å². The van der Waals surface area contributed by atoms with Crippen LogP contribution in [0.15, 0.2) is 30.3 Å². The van der Waals surface area contributed by atoms with Gasteiger partial charge in [0.25, 0.3) is 0 Å². The Morgan fingerprint density at radius 3 is 2.27 bits per heavy atom. The van der Waals surface area contributed by atoms with E-state index in [0.717, 1.165) is 11.8 Å². The van der Waals surface area contributed by atoms with Crippen LogP contribution < -0.4 is 5.32 Å². The van der Waals surface area contributed by atoms with E-state index in [9.17, 15) is 14.4 Å². The molecule has 0 bridgehead atoms. The van der Waals surface area contributed by atoms with Gasteiger partial charge in [-0.1, -0.05) is 44.2 Å². The van der Waals surface area contributed by atoms with Gasteiger partial charge in [-0.15, -0.1) is 0 Å². The molecule has 5 heteroatoms. The summed E-state index contributed by atoms with van der Waals surface area (Å²) in [5, 5.41) is 2.67. The van der Waals surface area contributed by atoms with E-state index in [1.807, 2.05) is 44.2 Å². The zero-order valence-corrected chi connectivity index (χ0v) is 16.5. The van der Waals surface area contributed by atoms with Crippen LogP contribution in [-0.2, 0) is 20.7 Å². The van der Waals surface area contributed by atoms with Crippen LogP contribution in [-0.4, -0.2) is 29.8 Å². The van der Waals surface area contributed by atoms with E-state index >= 15 is 0 Å². The van der Waals surface area contributed by atoms with Gasteiger partial charge in [0.15, 0.2) is 5.78 Å². The molecule has 0 aromatic heterocycles. The van der Waals surface area contributed by atoms with Gasteiger partial charge in [-0.25, -0.2) is 4.79 Å². The van der Waals surface area contributed by atoms with E-state index in [4.69, 9.17) is 4.74 Å². The van der Waals surface area contributed by atoms with Gasteiger partial charge in [-0.05, 0) is 45.1 Å². The molecule has 0 saturated heterocycles. The van der Waals surface area contributed by atoms with Gasteiger partial charge in [0.2, 0.25) is 0 Å². The number of carbonyl (C=O) groups is 3. The van der Waals surface area contributed by atoms with Crippen LogP contribution in [0, 0.1) is 11.8 Å². The number of Topliss-reactive ketones (excluding diaryl/α,β-unsaturated/α-hetero) is 1. The zero-order valence-electron chi connectivity index (χ0n) is 16.5. The monoisotopic (exact) mass is 361 g/mol. The largest absolute Gasteiger partial charge is 0.444 e. The third-order valence-electron chi connectivity index (χ3n) is 3.78. The van der Waals surface area contributed by atoms with Crippen LogP contribution in [0.1, 0.15) is 53.0 Å². The first-order valence-electron chi connectivity index (χ1n) is 9.12. The van der Waals surface area contributed by atoms with Gasteiger partial charge in [0.05, 0.1) is 6.04 Å². The minimum absolute atomic E-state index is 0.103. The number of rotatable bonds is 9. The summed E-state index contributed by atoms with van der Waals surface area (Å²) in [7, 11) is 0. The number of ether oxygens (including phenoxy) is 1. The smallest absolute Gasteiger partial charge is 0.408 e. The molecule has 1 aromatic carbocycles. The Morgan fingerprint density at radius 2 is 1.77 bits per heavy atom. The Morgan fingerprint density at radius 1 is 1.15 bits per heavy atom. The van der Waals surface area contributed by atoms with E-state index in [2.05, 4.69) is 5.32 Å². The molecule has 1 rings (SSSR count). The average molecular weight is 361 g/mol. The summed E-state index contributed by atoms with van der Waals surface area (Å²) in [6.45, 7) is 9.28. The summed E-state index contributed by atoms with van der Waals surface area (Å²) >= 11 is 0. The minimum Gasteiger partial charge on any atom is -0.444 e. The molecule has 144 valence electrons. The van der Waals surface area contributed by atoms with E-state index in [-0.39, 0.29) is 18.1 Å². The fourth-order valence-electron chi connectivity index (χ4n) is 2.68. The Balaban J connectivity index is 2.74. The molecule has 5 nitrogen and oxygen atoms in total. The molecule has 0 saturated carbocycles. The molecule has 0 fully saturated rings. The fourth-order valence-corrected chi connectivity index (χ4v) is 2.68. The van der Waals surface area contributed by atoms with Crippen molar-refractivity contribution >= 4 is 18.2 Å². The standard InChI is InChI=1S/C21H31NO4/c1-15(2)11-18(22-20(25)26-21(3,4)5)19(24)13-17(14-23)12-16-9-7-6-8-10-16/h6-10,14-15,17-18H,11-13H2,1-5H3,(H,22,25). The zero-order chi connectivity index (χ0) is 19.7. The Kier molecular flexibility index (Phi) is 8.49. The quantitative estimate of drug-likeness (QED) is 0.676. The highest BCUT2D eigenvalue weighted by atomic mass is 16.6. The predicted molar refractivity (Wildman–Crippen MR) is 102 cm³/mol. The summed E-state index contributed by atoms with van der Waals surface area (Å²) in [4.78, 5) is 36.2. The molecule has 1 aromatic rings. The summed E-state index contributed by atoms with van der Waals surface area (Å²) in [5.41, 5.74) is 0.381. The highest BCUT2D eigenvalue weighted by Gasteiger charge is 2.27. The second-order valence-electron chi connectivity index (χ2n) is 8.08. The molecule has 2 unspecified atom stereocenters. The van der Waals surface area contributed by atoms with Crippen molar-refractivity contribution in [2.45, 2.75) is 65.5 Å². The number of alkyl carbamates (subject to hydrolysis) is 1. The summed E-state index contributed by atoms with van der Waals surface area (Å²) in [5.74, 6) is -0.319. The number of hydrogen-bond donors (Lipinski definition) is 1. The number of nitrogens with one attached hydrogen (secondary N) is 1. The molecule has 0 spiro atoms. The lowest BCUT2D eigenvalue weighted by Crippen LogP contribution is -2.44. The molecule has 0 aliphatic carbocycles. The van der Waals surface area contributed by atoms with Crippen LogP contribution >= 0.6 is 0 Å². The molecule has 0 heterocycles. The van der Waals surface area contributed by atoms with Crippen LogP contribution in [0.2, 0.25) is 0 Å². The lowest BCUT2D eigenvalue weighted by molar-refractivity contribution is -0.124. The maximum Gasteiger partial charge on any atom is 0.408 e. The van der Waals surface area contributed by atoms with Crippen molar-refractivity contribution in [2.24, 2.45) is 11.8 Å². The molecular weight excluding hydrogens is 330 g/mol. The number of amides is 1. The fraction of sp³-hybridized carbons (Fsp3) is 0.571. The van der Waals surface area contributed by atoms with Crippen LogP contribution in [0.5, 0.6) is 0 Å². The molecule has 1 N–H and O–H groups in total. The van der Waals surface area contributed by atoms with Crippen molar-refractivity contribution in [1.29, 1.82) is 0 Å². The lowest BCUT2D eigenvalue weighted by Gasteiger charge is -2.24. The summed E-state index contributed by atoms with van der Waals surface area (Å²) in [6.07, 6.45) is 1.34. The third kappa shape index (κ3) is 8.79. The van der Waals surface area contributed by atoms with Gasteiger partial charge in [0, 0.05) is 12.3 Å². The minimum atomic E-state index is -0.650. The maximum atomic E-state index is 12.7. The lowest BCUT2D eigenvalue weighted by atomic mass is 9.90. The molecule has 2 atom stereocenters. The van der Waals surface area contributed by atoms with Crippen LogP contribution in [0.3, 0.4) is 0 Å². The first-order chi connectivity index (χ1) is 12.1. The number of benzene rings is 1. The highest BCUT2D eigenvalue weighted by molar-refractivity contribution is 5.89. The molecule has 0 aliphatic rings. The van der Waals surface area contributed by atoms with E-state index in [0.29, 0.717) is 12.8 Å². The normalized spacial score (nSPS) is 13.8. The summed E-state index contributed by atoms with van der Waals surface area (Å²) in [6, 6.07) is 8.95. The van der Waals surface area contributed by atoms with Gasteiger partial charge < -0.3 is 14.8 Å². The summed E-state index contributed by atoms with van der Waals surface area (Å²) < 4.78 is 5.26. The van der Waals surface area contributed by atoms with Gasteiger partial charge in [-0.2, -0.15) is 0 Å². The highest BCUT2D eigenvalue weighted by Crippen LogP contribution is 2.16. The first kappa shape index (κ1) is 21.9. The van der Waals surface area contributed by atoms with Crippen LogP contribution in [0.4, 0.5) is 4.79 Å². The van der Waals surface area contributed by atoms with Gasteiger partial charge >= 0.3 is 6.09 Å². The number of aldehydes is 1.